The monoisotopic (exact) mass is 523 g/mol. The van der Waals surface area contributed by atoms with Crippen LogP contribution in [0.4, 0.5) is 35.1 Å². The van der Waals surface area contributed by atoms with Gasteiger partial charge in [0.1, 0.15) is 6.33 Å². The van der Waals surface area contributed by atoms with Crippen molar-refractivity contribution in [1.82, 2.24) is 24.5 Å². The number of piperidine rings is 1. The van der Waals surface area contributed by atoms with E-state index in [0.717, 1.165) is 6.33 Å². The smallest absolute Gasteiger partial charge is 0.332 e. The second-order valence-corrected chi connectivity index (χ2v) is 8.03. The number of aryl methyl sites for hydroxylation is 1. The van der Waals surface area contributed by atoms with Gasteiger partial charge in [0.15, 0.2) is 0 Å². The van der Waals surface area contributed by atoms with Crippen molar-refractivity contribution in [3.8, 4) is 0 Å². The molecule has 1 atom stereocenters. The number of fused-ring (bicyclic) bond motifs is 1. The van der Waals surface area contributed by atoms with Gasteiger partial charge in [0.05, 0.1) is 23.4 Å². The zero-order valence-corrected chi connectivity index (χ0v) is 19.3. The van der Waals surface area contributed by atoms with Crippen LogP contribution in [0.2, 0.25) is 0 Å². The summed E-state index contributed by atoms with van der Waals surface area (Å²) in [6.07, 6.45) is -9.93. The molecule has 1 aliphatic heterocycles. The first kappa shape index (κ1) is 27.3. The van der Waals surface area contributed by atoms with Crippen LogP contribution in [0.15, 0.2) is 30.6 Å². The highest BCUT2D eigenvalue weighted by atomic mass is 19.4. The van der Waals surface area contributed by atoms with Crippen molar-refractivity contribution in [2.45, 2.75) is 51.4 Å². The molecule has 1 unspecified atom stereocenters. The second-order valence-electron chi connectivity index (χ2n) is 8.03. The van der Waals surface area contributed by atoms with Crippen LogP contribution in [0.25, 0.3) is 5.78 Å². The lowest BCUT2D eigenvalue weighted by atomic mass is 9.91. The first-order valence-corrected chi connectivity index (χ1v) is 10.8. The average molecular weight is 523 g/mol. The van der Waals surface area contributed by atoms with E-state index in [1.54, 1.807) is 6.92 Å². The third-order valence-corrected chi connectivity index (χ3v) is 5.36. The lowest BCUT2D eigenvalue weighted by Crippen LogP contribution is -2.49. The second kappa shape index (κ2) is 9.62. The SMILES string of the molecule is CC.Cc1cc(C2CN(C(=O)c3cc(C(F)(F)F)cc(C(F)(F)F)c3)CC(F)(F)C2)n2ncnc2n1. The van der Waals surface area contributed by atoms with Crippen LogP contribution in [-0.2, 0) is 12.4 Å². The van der Waals surface area contributed by atoms with Gasteiger partial charge in [-0.3, -0.25) is 4.79 Å². The number of hydrogen-bond acceptors (Lipinski definition) is 4. The molecule has 0 spiro atoms. The Bertz CT molecular complexity index is 1220. The molecule has 14 heteroatoms. The number of amides is 1. The number of benzene rings is 1. The summed E-state index contributed by atoms with van der Waals surface area (Å²) < 4.78 is 109. The molecule has 0 saturated carbocycles. The third-order valence-electron chi connectivity index (χ3n) is 5.36. The molecule has 0 bridgehead atoms. The van der Waals surface area contributed by atoms with Crippen LogP contribution in [0.5, 0.6) is 0 Å². The Morgan fingerprint density at radius 2 is 1.58 bits per heavy atom. The van der Waals surface area contributed by atoms with Crippen LogP contribution in [0.3, 0.4) is 0 Å². The van der Waals surface area contributed by atoms with E-state index in [0.29, 0.717) is 10.6 Å². The first-order valence-electron chi connectivity index (χ1n) is 10.8. The van der Waals surface area contributed by atoms with Crippen LogP contribution in [0, 0.1) is 6.92 Å². The summed E-state index contributed by atoms with van der Waals surface area (Å²) in [7, 11) is 0. The zero-order chi connectivity index (χ0) is 27.1. The molecule has 196 valence electrons. The topological polar surface area (TPSA) is 63.4 Å². The van der Waals surface area contributed by atoms with Crippen molar-refractivity contribution in [3.05, 3.63) is 58.7 Å². The van der Waals surface area contributed by atoms with Gasteiger partial charge in [-0.1, -0.05) is 13.8 Å². The van der Waals surface area contributed by atoms with Crippen LogP contribution < -0.4 is 0 Å². The highest BCUT2D eigenvalue weighted by molar-refractivity contribution is 5.95. The quantitative estimate of drug-likeness (QED) is 0.401. The predicted octanol–water partition coefficient (Wildman–Crippen LogP) is 5.76. The fraction of sp³-hybridized carbons (Fsp3) is 0.455. The van der Waals surface area contributed by atoms with E-state index in [1.807, 2.05) is 13.8 Å². The molecule has 3 aromatic rings. The molecule has 0 N–H and O–H groups in total. The molecular weight excluding hydrogens is 502 g/mol. The Hall–Kier alpha value is -3.32. The van der Waals surface area contributed by atoms with E-state index in [1.165, 1.54) is 10.6 Å². The Balaban J connectivity index is 0.00000176. The average Bonchev–Trinajstić information content (AvgIpc) is 3.25. The number of rotatable bonds is 2. The van der Waals surface area contributed by atoms with Crippen molar-refractivity contribution >= 4 is 11.7 Å². The van der Waals surface area contributed by atoms with Gasteiger partial charge in [0, 0.05) is 30.1 Å². The minimum absolute atomic E-state index is 0.120. The minimum Gasteiger partial charge on any atom is -0.332 e. The molecule has 0 radical (unpaired) electrons. The third kappa shape index (κ3) is 5.73. The van der Waals surface area contributed by atoms with E-state index < -0.39 is 59.8 Å². The Labute approximate surface area is 199 Å². The van der Waals surface area contributed by atoms with Gasteiger partial charge in [-0.25, -0.2) is 18.3 Å². The number of aromatic nitrogens is 4. The molecule has 1 amide bonds. The van der Waals surface area contributed by atoms with Crippen molar-refractivity contribution in [2.24, 2.45) is 0 Å². The molecule has 36 heavy (non-hydrogen) atoms. The van der Waals surface area contributed by atoms with E-state index in [4.69, 9.17) is 0 Å². The summed E-state index contributed by atoms with van der Waals surface area (Å²) in [6, 6.07) is 1.78. The summed E-state index contributed by atoms with van der Waals surface area (Å²) in [4.78, 5) is 21.5. The maximum absolute atomic E-state index is 14.6. The Kier molecular flexibility index (Phi) is 7.29. The van der Waals surface area contributed by atoms with Gasteiger partial charge in [-0.2, -0.15) is 36.4 Å². The molecule has 1 aromatic carbocycles. The van der Waals surface area contributed by atoms with E-state index >= 15 is 0 Å². The molecule has 0 aliphatic carbocycles. The van der Waals surface area contributed by atoms with Gasteiger partial charge >= 0.3 is 12.4 Å². The summed E-state index contributed by atoms with van der Waals surface area (Å²) in [6.45, 7) is 4.04. The molecule has 2 aromatic heterocycles. The van der Waals surface area contributed by atoms with E-state index in [9.17, 15) is 39.9 Å². The van der Waals surface area contributed by atoms with Gasteiger partial charge in [-0.05, 0) is 31.2 Å². The normalized spacial score (nSPS) is 18.1. The number of alkyl halides is 8. The maximum Gasteiger partial charge on any atom is 0.416 e. The van der Waals surface area contributed by atoms with Gasteiger partial charge in [0.25, 0.3) is 17.6 Å². The Morgan fingerprint density at radius 1 is 1.00 bits per heavy atom. The van der Waals surface area contributed by atoms with Gasteiger partial charge in [0.2, 0.25) is 0 Å². The van der Waals surface area contributed by atoms with Crippen molar-refractivity contribution < 1.29 is 39.9 Å². The van der Waals surface area contributed by atoms with Crippen molar-refractivity contribution in [3.63, 3.8) is 0 Å². The van der Waals surface area contributed by atoms with E-state index in [2.05, 4.69) is 15.1 Å². The molecular formula is C22H21F8N5O. The molecule has 6 nitrogen and oxygen atoms in total. The fourth-order valence-electron chi connectivity index (χ4n) is 3.96. The van der Waals surface area contributed by atoms with Crippen LogP contribution >= 0.6 is 0 Å². The predicted molar refractivity (Wildman–Crippen MR) is 112 cm³/mol. The van der Waals surface area contributed by atoms with E-state index in [-0.39, 0.29) is 36.2 Å². The first-order chi connectivity index (χ1) is 16.6. The molecule has 1 fully saturated rings. The van der Waals surface area contributed by atoms with Gasteiger partial charge < -0.3 is 4.90 Å². The lowest BCUT2D eigenvalue weighted by Gasteiger charge is -2.38. The fourth-order valence-corrected chi connectivity index (χ4v) is 3.96. The summed E-state index contributed by atoms with van der Waals surface area (Å²) in [5.41, 5.74) is -3.75. The standard InChI is InChI=1S/C20H15F8N5O.C2H6/c1-10-2-15(33-17(31-10)29-9-30-33)12-6-18(21,22)8-32(7-12)16(34)11-3-13(19(23,24)25)5-14(4-11)20(26,27)28;1-2/h2-5,9,12H,6-8H2,1H3;1-2H3. The minimum atomic E-state index is -5.18. The molecule has 1 aliphatic rings. The maximum atomic E-state index is 14.6. The largest absolute Gasteiger partial charge is 0.416 e. The van der Waals surface area contributed by atoms with Crippen molar-refractivity contribution in [2.75, 3.05) is 13.1 Å². The number of nitrogens with zero attached hydrogens (tertiary/aromatic N) is 5. The van der Waals surface area contributed by atoms with Crippen LogP contribution in [-0.4, -0.2) is 49.4 Å². The summed E-state index contributed by atoms with van der Waals surface area (Å²) >= 11 is 0. The molecule has 1 saturated heterocycles. The zero-order valence-electron chi connectivity index (χ0n) is 19.3. The lowest BCUT2D eigenvalue weighted by molar-refractivity contribution is -0.143. The number of hydrogen-bond donors (Lipinski definition) is 0. The number of halogens is 8. The molecule has 3 heterocycles. The highest BCUT2D eigenvalue weighted by Gasteiger charge is 2.44. The summed E-state index contributed by atoms with van der Waals surface area (Å²) in [5.74, 6) is -5.75. The molecule has 4 rings (SSSR count). The number of carbonyl (C=O) groups excluding carboxylic acids is 1. The number of likely N-dealkylation sites (tertiary alicyclic amines) is 1. The van der Waals surface area contributed by atoms with Gasteiger partial charge in [-0.15, -0.1) is 0 Å². The number of carbonyl (C=O) groups is 1. The van der Waals surface area contributed by atoms with Crippen LogP contribution in [0.1, 0.15) is 59.1 Å². The summed E-state index contributed by atoms with van der Waals surface area (Å²) in [5, 5.41) is 3.93. The Morgan fingerprint density at radius 3 is 2.14 bits per heavy atom. The van der Waals surface area contributed by atoms with Crippen molar-refractivity contribution in [1.29, 1.82) is 0 Å². The highest BCUT2D eigenvalue weighted by Crippen LogP contribution is 2.39.